The average molecular weight is 333 g/mol. The van der Waals surface area contributed by atoms with Crippen LogP contribution in [0, 0.1) is 5.41 Å². The molecule has 1 aliphatic rings. The molecule has 0 unspecified atom stereocenters. The summed E-state index contributed by atoms with van der Waals surface area (Å²) in [6.07, 6.45) is 7.20. The van der Waals surface area contributed by atoms with Crippen LogP contribution in [-0.4, -0.2) is 59.7 Å². The minimum Gasteiger partial charge on any atom is -0.385 e. The van der Waals surface area contributed by atoms with E-state index in [0.29, 0.717) is 12.5 Å². The van der Waals surface area contributed by atoms with Gasteiger partial charge in [0.1, 0.15) is 9.84 Å². The smallest absolute Gasteiger partial charge is 0.191 e. The van der Waals surface area contributed by atoms with Crippen LogP contribution in [0.3, 0.4) is 0 Å². The van der Waals surface area contributed by atoms with Crippen LogP contribution in [-0.2, 0) is 14.6 Å². The molecule has 1 rings (SSSR count). The molecule has 1 saturated carbocycles. The first-order valence-electron chi connectivity index (χ1n) is 8.10. The third kappa shape index (κ3) is 7.45. The van der Waals surface area contributed by atoms with Crippen molar-refractivity contribution < 1.29 is 13.2 Å². The monoisotopic (exact) mass is 333 g/mol. The van der Waals surface area contributed by atoms with Crippen molar-refractivity contribution in [2.24, 2.45) is 10.4 Å². The van der Waals surface area contributed by atoms with Gasteiger partial charge in [-0.05, 0) is 31.6 Å². The largest absolute Gasteiger partial charge is 0.385 e. The van der Waals surface area contributed by atoms with Gasteiger partial charge in [0.15, 0.2) is 5.96 Å². The Hall–Kier alpha value is -0.820. The molecule has 2 N–H and O–H groups in total. The Kier molecular flexibility index (Phi) is 8.17. The topological polar surface area (TPSA) is 79.8 Å². The van der Waals surface area contributed by atoms with Crippen LogP contribution in [0.1, 0.15) is 39.0 Å². The molecule has 0 spiro atoms. The fourth-order valence-electron chi connectivity index (χ4n) is 2.87. The summed E-state index contributed by atoms with van der Waals surface area (Å²) in [4.78, 5) is 4.68. The number of ether oxygens (including phenoxy) is 1. The summed E-state index contributed by atoms with van der Waals surface area (Å²) in [6.45, 7) is 4.69. The molecule has 0 aromatic carbocycles. The Morgan fingerprint density at radius 2 is 1.95 bits per heavy atom. The van der Waals surface area contributed by atoms with Gasteiger partial charge in [-0.15, -0.1) is 0 Å². The average Bonchev–Trinajstić information content (AvgIpc) is 2.91. The zero-order valence-corrected chi connectivity index (χ0v) is 15.0. The molecule has 0 radical (unpaired) electrons. The molecular weight excluding hydrogens is 302 g/mol. The number of nitrogens with one attached hydrogen (secondary N) is 2. The standard InChI is InChI=1S/C15H31N3O3S/c1-4-16-14(17-10-12-22(3,19)20)18-13-15(9-11-21-2)7-5-6-8-15/h4-13H2,1-3H3,(H2,16,17,18). The van der Waals surface area contributed by atoms with Crippen molar-refractivity contribution in [3.05, 3.63) is 0 Å². The molecular formula is C15H31N3O3S. The van der Waals surface area contributed by atoms with Gasteiger partial charge in [0.2, 0.25) is 0 Å². The highest BCUT2D eigenvalue weighted by Gasteiger charge is 2.33. The van der Waals surface area contributed by atoms with Gasteiger partial charge in [0, 0.05) is 39.6 Å². The zero-order valence-electron chi connectivity index (χ0n) is 14.2. The molecule has 0 amide bonds. The predicted molar refractivity (Wildman–Crippen MR) is 91.1 cm³/mol. The van der Waals surface area contributed by atoms with Gasteiger partial charge in [-0.25, -0.2) is 8.42 Å². The fraction of sp³-hybridized carbons (Fsp3) is 0.933. The highest BCUT2D eigenvalue weighted by molar-refractivity contribution is 7.90. The van der Waals surface area contributed by atoms with E-state index in [9.17, 15) is 8.42 Å². The van der Waals surface area contributed by atoms with Crippen LogP contribution in [0.4, 0.5) is 0 Å². The molecule has 0 bridgehead atoms. The quantitative estimate of drug-likeness (QED) is 0.489. The van der Waals surface area contributed by atoms with E-state index in [1.54, 1.807) is 7.11 Å². The van der Waals surface area contributed by atoms with E-state index in [-0.39, 0.29) is 11.2 Å². The van der Waals surface area contributed by atoms with Crippen molar-refractivity contribution in [3.8, 4) is 0 Å². The lowest BCUT2D eigenvalue weighted by Gasteiger charge is -2.27. The molecule has 1 fully saturated rings. The maximum atomic E-state index is 11.2. The van der Waals surface area contributed by atoms with Crippen LogP contribution in [0.15, 0.2) is 4.99 Å². The zero-order chi connectivity index (χ0) is 16.5. The molecule has 0 saturated heterocycles. The van der Waals surface area contributed by atoms with E-state index in [1.807, 2.05) is 6.92 Å². The van der Waals surface area contributed by atoms with Crippen molar-refractivity contribution in [2.45, 2.75) is 39.0 Å². The van der Waals surface area contributed by atoms with Crippen molar-refractivity contribution in [1.82, 2.24) is 10.6 Å². The minimum atomic E-state index is -2.95. The lowest BCUT2D eigenvalue weighted by Crippen LogP contribution is -2.40. The Morgan fingerprint density at radius 1 is 1.27 bits per heavy atom. The van der Waals surface area contributed by atoms with Gasteiger partial charge in [-0.1, -0.05) is 12.8 Å². The number of hydrogen-bond donors (Lipinski definition) is 2. The molecule has 130 valence electrons. The molecule has 7 heteroatoms. The highest BCUT2D eigenvalue weighted by atomic mass is 32.2. The van der Waals surface area contributed by atoms with Crippen molar-refractivity contribution >= 4 is 15.8 Å². The van der Waals surface area contributed by atoms with Crippen LogP contribution >= 0.6 is 0 Å². The van der Waals surface area contributed by atoms with Crippen LogP contribution in [0.25, 0.3) is 0 Å². The summed E-state index contributed by atoms with van der Waals surface area (Å²) < 4.78 is 27.6. The third-order valence-corrected chi connectivity index (χ3v) is 5.13. The predicted octanol–water partition coefficient (Wildman–Crippen LogP) is 1.18. The molecule has 0 aromatic rings. The molecule has 0 heterocycles. The normalized spacial score (nSPS) is 18.4. The van der Waals surface area contributed by atoms with Crippen LogP contribution < -0.4 is 10.6 Å². The van der Waals surface area contributed by atoms with E-state index in [0.717, 1.165) is 26.1 Å². The van der Waals surface area contributed by atoms with Gasteiger partial charge in [-0.3, -0.25) is 4.99 Å². The fourth-order valence-corrected chi connectivity index (χ4v) is 3.35. The second kappa shape index (κ2) is 9.35. The number of hydrogen-bond acceptors (Lipinski definition) is 4. The van der Waals surface area contributed by atoms with E-state index in [1.165, 1.54) is 31.9 Å². The number of rotatable bonds is 9. The van der Waals surface area contributed by atoms with E-state index < -0.39 is 9.84 Å². The van der Waals surface area contributed by atoms with Crippen molar-refractivity contribution in [3.63, 3.8) is 0 Å². The summed E-state index contributed by atoms with van der Waals surface area (Å²) in [6, 6.07) is 0. The van der Waals surface area contributed by atoms with Crippen molar-refractivity contribution in [1.29, 1.82) is 0 Å². The molecule has 0 aromatic heterocycles. The maximum absolute atomic E-state index is 11.2. The summed E-state index contributed by atoms with van der Waals surface area (Å²) in [7, 11) is -1.21. The second-order valence-corrected chi connectivity index (χ2v) is 8.46. The number of sulfone groups is 1. The van der Waals surface area contributed by atoms with Crippen LogP contribution in [0.5, 0.6) is 0 Å². The molecule has 1 aliphatic carbocycles. The number of aliphatic imine (C=N–C) groups is 1. The van der Waals surface area contributed by atoms with Gasteiger partial charge >= 0.3 is 0 Å². The van der Waals surface area contributed by atoms with Crippen molar-refractivity contribution in [2.75, 3.05) is 45.4 Å². The number of guanidine groups is 1. The number of nitrogens with zero attached hydrogens (tertiary/aromatic N) is 1. The van der Waals surface area contributed by atoms with Crippen LogP contribution in [0.2, 0.25) is 0 Å². The SMILES string of the molecule is CCNC(=NCC1(CCOC)CCCC1)NCCS(C)(=O)=O. The maximum Gasteiger partial charge on any atom is 0.191 e. The Balaban J connectivity index is 2.58. The number of methoxy groups -OCH3 is 1. The summed E-state index contributed by atoms with van der Waals surface area (Å²) >= 11 is 0. The van der Waals surface area contributed by atoms with Gasteiger partial charge in [0.25, 0.3) is 0 Å². The molecule has 6 nitrogen and oxygen atoms in total. The third-order valence-electron chi connectivity index (χ3n) is 4.18. The first-order chi connectivity index (χ1) is 10.4. The summed E-state index contributed by atoms with van der Waals surface area (Å²) in [5, 5.41) is 6.28. The first-order valence-corrected chi connectivity index (χ1v) is 10.2. The molecule has 0 aliphatic heterocycles. The Morgan fingerprint density at radius 3 is 2.50 bits per heavy atom. The van der Waals surface area contributed by atoms with E-state index in [2.05, 4.69) is 15.6 Å². The summed E-state index contributed by atoms with van der Waals surface area (Å²) in [5.41, 5.74) is 0.245. The van der Waals surface area contributed by atoms with E-state index >= 15 is 0 Å². The minimum absolute atomic E-state index is 0.117. The van der Waals surface area contributed by atoms with Gasteiger partial charge < -0.3 is 15.4 Å². The molecule has 0 atom stereocenters. The summed E-state index contributed by atoms with van der Waals surface area (Å²) in [5.74, 6) is 0.821. The highest BCUT2D eigenvalue weighted by Crippen LogP contribution is 2.41. The lowest BCUT2D eigenvalue weighted by molar-refractivity contribution is 0.141. The molecule has 22 heavy (non-hydrogen) atoms. The van der Waals surface area contributed by atoms with Gasteiger partial charge in [0.05, 0.1) is 5.75 Å². The second-order valence-electron chi connectivity index (χ2n) is 6.20. The lowest BCUT2D eigenvalue weighted by atomic mass is 9.83. The Labute approximate surface area is 135 Å². The van der Waals surface area contributed by atoms with Gasteiger partial charge in [-0.2, -0.15) is 0 Å². The Bertz CT molecular complexity index is 443. The van der Waals surface area contributed by atoms with E-state index in [4.69, 9.17) is 4.74 Å². The first kappa shape index (κ1) is 19.2.